The number of hydrogen-bond donors (Lipinski definition) is 2. The Balaban J connectivity index is 2.08. The third-order valence-corrected chi connectivity index (χ3v) is 2.84. The highest BCUT2D eigenvalue weighted by Gasteiger charge is 2.12. The van der Waals surface area contributed by atoms with Gasteiger partial charge in [0.15, 0.2) is 0 Å². The van der Waals surface area contributed by atoms with Gasteiger partial charge in [0.05, 0.1) is 11.3 Å². The van der Waals surface area contributed by atoms with Crippen LogP contribution >= 0.6 is 0 Å². The van der Waals surface area contributed by atoms with E-state index in [4.69, 9.17) is 5.11 Å². The Labute approximate surface area is 121 Å². The molecule has 0 aliphatic rings. The van der Waals surface area contributed by atoms with Gasteiger partial charge in [0, 0.05) is 25.0 Å². The number of aryl methyl sites for hydroxylation is 2. The molecule has 0 atom stereocenters. The SMILES string of the molecule is Cc1nn(C)cc1C(=O)Nc1ccc(/C=C/C(=O)O)cc1. The number of anilines is 1. The van der Waals surface area contributed by atoms with Gasteiger partial charge in [0.2, 0.25) is 0 Å². The smallest absolute Gasteiger partial charge is 0.328 e. The first-order valence-electron chi connectivity index (χ1n) is 6.28. The minimum absolute atomic E-state index is 0.227. The maximum absolute atomic E-state index is 12.1. The van der Waals surface area contributed by atoms with Crippen LogP contribution < -0.4 is 5.32 Å². The largest absolute Gasteiger partial charge is 0.478 e. The lowest BCUT2D eigenvalue weighted by Gasteiger charge is -2.04. The van der Waals surface area contributed by atoms with E-state index in [1.165, 1.54) is 6.08 Å². The third-order valence-electron chi connectivity index (χ3n) is 2.84. The van der Waals surface area contributed by atoms with Crippen LogP contribution in [0.25, 0.3) is 6.08 Å². The first kappa shape index (κ1) is 14.5. The van der Waals surface area contributed by atoms with Crippen LogP contribution in [0.4, 0.5) is 5.69 Å². The van der Waals surface area contributed by atoms with Crippen LogP contribution in [0.3, 0.4) is 0 Å². The molecule has 1 heterocycles. The van der Waals surface area contributed by atoms with Gasteiger partial charge in [-0.25, -0.2) is 4.79 Å². The van der Waals surface area contributed by atoms with E-state index in [0.717, 1.165) is 11.6 Å². The number of carboxylic acids is 1. The monoisotopic (exact) mass is 285 g/mol. The second-order valence-electron chi connectivity index (χ2n) is 4.55. The molecule has 1 aromatic heterocycles. The Bertz CT molecular complexity index is 699. The van der Waals surface area contributed by atoms with Gasteiger partial charge in [-0.05, 0) is 30.7 Å². The molecular weight excluding hydrogens is 270 g/mol. The summed E-state index contributed by atoms with van der Waals surface area (Å²) in [5.74, 6) is -1.23. The molecule has 108 valence electrons. The first-order valence-corrected chi connectivity index (χ1v) is 6.28. The van der Waals surface area contributed by atoms with Crippen molar-refractivity contribution in [2.45, 2.75) is 6.92 Å². The fourth-order valence-corrected chi connectivity index (χ4v) is 1.87. The number of hydrogen-bond acceptors (Lipinski definition) is 3. The van der Waals surface area contributed by atoms with Crippen molar-refractivity contribution < 1.29 is 14.7 Å². The normalized spacial score (nSPS) is 10.8. The molecule has 2 N–H and O–H groups in total. The number of aromatic nitrogens is 2. The fraction of sp³-hybridized carbons (Fsp3) is 0.133. The molecule has 2 aromatic rings. The van der Waals surface area contributed by atoms with E-state index in [2.05, 4.69) is 10.4 Å². The lowest BCUT2D eigenvalue weighted by molar-refractivity contribution is -0.131. The van der Waals surface area contributed by atoms with Gasteiger partial charge in [0.1, 0.15) is 0 Å². The summed E-state index contributed by atoms with van der Waals surface area (Å²) in [4.78, 5) is 22.5. The Morgan fingerprint density at radius 3 is 2.48 bits per heavy atom. The zero-order valence-corrected chi connectivity index (χ0v) is 11.7. The van der Waals surface area contributed by atoms with Gasteiger partial charge in [-0.2, -0.15) is 5.10 Å². The maximum atomic E-state index is 12.1. The van der Waals surface area contributed by atoms with Crippen LogP contribution in [0, 0.1) is 6.92 Å². The predicted octanol–water partition coefficient (Wildman–Crippen LogP) is 2.08. The van der Waals surface area contributed by atoms with E-state index >= 15 is 0 Å². The van der Waals surface area contributed by atoms with Crippen molar-refractivity contribution in [3.05, 3.63) is 53.4 Å². The number of carboxylic acid groups (broad SMARTS) is 1. The lowest BCUT2D eigenvalue weighted by Crippen LogP contribution is -2.12. The molecule has 1 amide bonds. The number of nitrogens with zero attached hydrogens (tertiary/aromatic N) is 2. The molecule has 0 spiro atoms. The number of aliphatic carboxylic acids is 1. The summed E-state index contributed by atoms with van der Waals surface area (Å²) in [6.45, 7) is 1.77. The molecule has 1 aromatic carbocycles. The summed E-state index contributed by atoms with van der Waals surface area (Å²) in [6, 6.07) is 6.88. The molecule has 0 fully saturated rings. The number of rotatable bonds is 4. The minimum atomic E-state index is -1.00. The number of amides is 1. The van der Waals surface area contributed by atoms with Crippen molar-refractivity contribution in [1.82, 2.24) is 9.78 Å². The molecule has 2 rings (SSSR count). The Morgan fingerprint density at radius 2 is 1.95 bits per heavy atom. The zero-order valence-electron chi connectivity index (χ0n) is 11.7. The van der Waals surface area contributed by atoms with Gasteiger partial charge in [-0.1, -0.05) is 12.1 Å². The fourth-order valence-electron chi connectivity index (χ4n) is 1.87. The molecule has 0 saturated carbocycles. The van der Waals surface area contributed by atoms with E-state index < -0.39 is 5.97 Å². The zero-order chi connectivity index (χ0) is 15.4. The van der Waals surface area contributed by atoms with Gasteiger partial charge in [-0.15, -0.1) is 0 Å². The number of carbonyl (C=O) groups excluding carboxylic acids is 1. The predicted molar refractivity (Wildman–Crippen MR) is 79.0 cm³/mol. The molecule has 0 aliphatic carbocycles. The van der Waals surface area contributed by atoms with Gasteiger partial charge >= 0.3 is 5.97 Å². The molecule has 0 unspecified atom stereocenters. The average molecular weight is 285 g/mol. The Hall–Kier alpha value is -2.89. The molecule has 0 bridgehead atoms. The topological polar surface area (TPSA) is 84.2 Å². The Kier molecular flexibility index (Phi) is 4.18. The highest BCUT2D eigenvalue weighted by Crippen LogP contribution is 2.13. The quantitative estimate of drug-likeness (QED) is 0.842. The van der Waals surface area contributed by atoms with E-state index in [1.807, 2.05) is 0 Å². The third kappa shape index (κ3) is 3.79. The van der Waals surface area contributed by atoms with Crippen molar-refractivity contribution in [3.63, 3.8) is 0 Å². The second-order valence-corrected chi connectivity index (χ2v) is 4.55. The molecule has 6 heteroatoms. The number of benzene rings is 1. The highest BCUT2D eigenvalue weighted by molar-refractivity contribution is 6.04. The number of nitrogens with one attached hydrogen (secondary N) is 1. The van der Waals surface area contributed by atoms with Crippen molar-refractivity contribution in [1.29, 1.82) is 0 Å². The van der Waals surface area contributed by atoms with E-state index in [-0.39, 0.29) is 5.91 Å². The maximum Gasteiger partial charge on any atom is 0.328 e. The van der Waals surface area contributed by atoms with Crippen LogP contribution in [-0.4, -0.2) is 26.8 Å². The lowest BCUT2D eigenvalue weighted by atomic mass is 10.2. The van der Waals surface area contributed by atoms with Crippen LogP contribution in [0.2, 0.25) is 0 Å². The van der Waals surface area contributed by atoms with Gasteiger partial charge < -0.3 is 10.4 Å². The van der Waals surface area contributed by atoms with Crippen LogP contribution in [0.5, 0.6) is 0 Å². The van der Waals surface area contributed by atoms with Gasteiger partial charge in [-0.3, -0.25) is 9.48 Å². The first-order chi connectivity index (χ1) is 9.95. The van der Waals surface area contributed by atoms with Crippen molar-refractivity contribution in [2.75, 3.05) is 5.32 Å². The van der Waals surface area contributed by atoms with Crippen LogP contribution in [-0.2, 0) is 11.8 Å². The molecule has 0 radical (unpaired) electrons. The second kappa shape index (κ2) is 6.04. The highest BCUT2D eigenvalue weighted by atomic mass is 16.4. The van der Waals surface area contributed by atoms with Gasteiger partial charge in [0.25, 0.3) is 5.91 Å². The van der Waals surface area contributed by atoms with Crippen LogP contribution in [0.15, 0.2) is 36.5 Å². The van der Waals surface area contributed by atoms with Crippen molar-refractivity contribution in [3.8, 4) is 0 Å². The molecular formula is C15H15N3O3. The average Bonchev–Trinajstić information content (AvgIpc) is 2.77. The van der Waals surface area contributed by atoms with E-state index in [1.54, 1.807) is 49.1 Å². The summed E-state index contributed by atoms with van der Waals surface area (Å²) in [7, 11) is 1.76. The standard InChI is InChI=1S/C15H15N3O3/c1-10-13(9-18(2)17-10)15(21)16-12-6-3-11(4-7-12)5-8-14(19)20/h3-9H,1-2H3,(H,16,21)(H,19,20)/b8-5+. The van der Waals surface area contributed by atoms with Crippen molar-refractivity contribution >= 4 is 23.6 Å². The molecule has 0 saturated heterocycles. The summed E-state index contributed by atoms with van der Waals surface area (Å²) < 4.78 is 1.59. The van der Waals surface area contributed by atoms with Crippen LogP contribution in [0.1, 0.15) is 21.6 Å². The minimum Gasteiger partial charge on any atom is -0.478 e. The summed E-state index contributed by atoms with van der Waals surface area (Å²) >= 11 is 0. The summed E-state index contributed by atoms with van der Waals surface area (Å²) in [6.07, 6.45) is 4.21. The molecule has 6 nitrogen and oxygen atoms in total. The molecule has 21 heavy (non-hydrogen) atoms. The van der Waals surface area contributed by atoms with E-state index in [9.17, 15) is 9.59 Å². The summed E-state index contributed by atoms with van der Waals surface area (Å²) in [5, 5.41) is 15.4. The molecule has 0 aliphatic heterocycles. The number of carbonyl (C=O) groups is 2. The van der Waals surface area contributed by atoms with Crippen molar-refractivity contribution in [2.24, 2.45) is 7.05 Å². The van der Waals surface area contributed by atoms with E-state index in [0.29, 0.717) is 16.9 Å². The Morgan fingerprint density at radius 1 is 1.29 bits per heavy atom. The summed E-state index contributed by atoms with van der Waals surface area (Å²) in [5.41, 5.74) is 2.56.